The molecule has 0 aromatic rings. The van der Waals surface area contributed by atoms with E-state index in [2.05, 4.69) is 5.32 Å². The van der Waals surface area contributed by atoms with Crippen LogP contribution in [0.5, 0.6) is 0 Å². The number of nitrogens with one attached hydrogen (secondary N) is 1. The third-order valence-corrected chi connectivity index (χ3v) is 4.08. The summed E-state index contributed by atoms with van der Waals surface area (Å²) in [5.74, 6) is -1.16. The van der Waals surface area contributed by atoms with Crippen LogP contribution in [-0.4, -0.2) is 31.5 Å². The number of ether oxygens (including phenoxy) is 1. The van der Waals surface area contributed by atoms with Crippen LogP contribution < -0.4 is 5.32 Å². The summed E-state index contributed by atoms with van der Waals surface area (Å²) in [7, 11) is 0. The highest BCUT2D eigenvalue weighted by Crippen LogP contribution is 2.37. The fourth-order valence-electron chi connectivity index (χ4n) is 3.07. The third-order valence-electron chi connectivity index (χ3n) is 4.08. The van der Waals surface area contributed by atoms with Crippen LogP contribution in [0, 0.1) is 5.92 Å². The van der Waals surface area contributed by atoms with Gasteiger partial charge in [-0.3, -0.25) is 0 Å². The van der Waals surface area contributed by atoms with Crippen molar-refractivity contribution in [3.8, 4) is 0 Å². The van der Waals surface area contributed by atoms with Gasteiger partial charge in [0, 0.05) is 12.6 Å². The Balaban J connectivity index is 1.75. The molecule has 1 aliphatic heterocycles. The normalized spacial score (nSPS) is 33.8. The van der Waals surface area contributed by atoms with Gasteiger partial charge in [-0.25, -0.2) is 0 Å². The minimum absolute atomic E-state index is 0.255. The van der Waals surface area contributed by atoms with Gasteiger partial charge in [-0.1, -0.05) is 12.8 Å². The van der Waals surface area contributed by atoms with Gasteiger partial charge in [0.1, 0.15) is 0 Å². The summed E-state index contributed by atoms with van der Waals surface area (Å²) in [4.78, 5) is 0. The van der Waals surface area contributed by atoms with Gasteiger partial charge in [0.25, 0.3) is 0 Å². The number of rotatable bonds is 4. The standard InChI is InChI=1S/C13H22F3NO/c14-13(15,16)11-5-1-2-6-12(11)17-8-7-10-4-3-9-18-10/h10-12,17H,1-9H2. The number of hydrogen-bond donors (Lipinski definition) is 1. The molecule has 0 spiro atoms. The van der Waals surface area contributed by atoms with Crippen molar-refractivity contribution in [1.29, 1.82) is 0 Å². The summed E-state index contributed by atoms with van der Waals surface area (Å²) in [6.45, 7) is 1.45. The Morgan fingerprint density at radius 1 is 1.06 bits per heavy atom. The average molecular weight is 265 g/mol. The molecule has 106 valence electrons. The van der Waals surface area contributed by atoms with Gasteiger partial charge in [-0.2, -0.15) is 13.2 Å². The van der Waals surface area contributed by atoms with E-state index < -0.39 is 12.1 Å². The van der Waals surface area contributed by atoms with Crippen LogP contribution in [0.3, 0.4) is 0 Å². The highest BCUT2D eigenvalue weighted by Gasteiger charge is 2.45. The lowest BCUT2D eigenvalue weighted by atomic mass is 9.84. The van der Waals surface area contributed by atoms with Gasteiger partial charge in [0.2, 0.25) is 0 Å². The van der Waals surface area contributed by atoms with E-state index in [9.17, 15) is 13.2 Å². The van der Waals surface area contributed by atoms with E-state index in [1.807, 2.05) is 0 Å². The van der Waals surface area contributed by atoms with E-state index in [1.165, 1.54) is 0 Å². The molecular weight excluding hydrogens is 243 g/mol. The molecule has 0 amide bonds. The summed E-state index contributed by atoms with van der Waals surface area (Å²) in [5, 5.41) is 3.11. The highest BCUT2D eigenvalue weighted by atomic mass is 19.4. The zero-order valence-electron chi connectivity index (χ0n) is 10.6. The van der Waals surface area contributed by atoms with Crippen LogP contribution in [0.4, 0.5) is 13.2 Å². The zero-order valence-corrected chi connectivity index (χ0v) is 10.6. The second-order valence-electron chi connectivity index (χ2n) is 5.42. The van der Waals surface area contributed by atoms with Gasteiger partial charge < -0.3 is 10.1 Å². The largest absolute Gasteiger partial charge is 0.393 e. The van der Waals surface area contributed by atoms with Crippen molar-refractivity contribution >= 4 is 0 Å². The predicted octanol–water partition coefficient (Wildman–Crippen LogP) is 3.27. The summed E-state index contributed by atoms with van der Waals surface area (Å²) < 4.78 is 44.0. The van der Waals surface area contributed by atoms with E-state index in [0.717, 1.165) is 32.3 Å². The fourth-order valence-corrected chi connectivity index (χ4v) is 3.07. The minimum atomic E-state index is -4.05. The molecule has 0 aromatic carbocycles. The van der Waals surface area contributed by atoms with Crippen LogP contribution in [-0.2, 0) is 4.74 Å². The summed E-state index contributed by atoms with van der Waals surface area (Å²) in [6.07, 6.45) is 1.71. The first-order valence-electron chi connectivity index (χ1n) is 6.99. The molecule has 1 saturated carbocycles. The second-order valence-corrected chi connectivity index (χ2v) is 5.42. The average Bonchev–Trinajstić information content (AvgIpc) is 2.81. The van der Waals surface area contributed by atoms with Crippen LogP contribution in [0.25, 0.3) is 0 Å². The van der Waals surface area contributed by atoms with Crippen molar-refractivity contribution in [2.75, 3.05) is 13.2 Å². The molecule has 0 aromatic heterocycles. The Morgan fingerprint density at radius 3 is 2.50 bits per heavy atom. The summed E-state index contributed by atoms with van der Waals surface area (Å²) >= 11 is 0. The first-order valence-corrected chi connectivity index (χ1v) is 6.99. The molecule has 1 N–H and O–H groups in total. The van der Waals surface area contributed by atoms with Crippen molar-refractivity contribution in [3.05, 3.63) is 0 Å². The Labute approximate surface area is 106 Å². The topological polar surface area (TPSA) is 21.3 Å². The molecule has 1 aliphatic carbocycles. The van der Waals surface area contributed by atoms with Gasteiger partial charge in [-0.05, 0) is 38.6 Å². The van der Waals surface area contributed by atoms with Crippen molar-refractivity contribution in [2.24, 2.45) is 5.92 Å². The molecular formula is C13H22F3NO. The molecule has 1 heterocycles. The van der Waals surface area contributed by atoms with Gasteiger partial charge in [0.15, 0.2) is 0 Å². The molecule has 0 radical (unpaired) electrons. The molecule has 1 saturated heterocycles. The number of hydrogen-bond acceptors (Lipinski definition) is 2. The first-order chi connectivity index (χ1) is 8.57. The molecule has 2 aliphatic rings. The SMILES string of the molecule is FC(F)(F)C1CCCCC1NCCC1CCCO1. The third kappa shape index (κ3) is 3.85. The monoisotopic (exact) mass is 265 g/mol. The van der Waals surface area contributed by atoms with Gasteiger partial charge >= 0.3 is 6.18 Å². The number of alkyl halides is 3. The Kier molecular flexibility index (Phi) is 4.90. The smallest absolute Gasteiger partial charge is 0.378 e. The summed E-state index contributed by atoms with van der Waals surface area (Å²) in [5.41, 5.74) is 0. The lowest BCUT2D eigenvalue weighted by molar-refractivity contribution is -0.188. The van der Waals surface area contributed by atoms with Crippen LogP contribution >= 0.6 is 0 Å². The molecule has 18 heavy (non-hydrogen) atoms. The first kappa shape index (κ1) is 14.1. The van der Waals surface area contributed by atoms with Crippen molar-refractivity contribution in [2.45, 2.75) is 63.3 Å². The van der Waals surface area contributed by atoms with E-state index in [0.29, 0.717) is 19.4 Å². The van der Waals surface area contributed by atoms with Crippen molar-refractivity contribution in [1.82, 2.24) is 5.32 Å². The predicted molar refractivity (Wildman–Crippen MR) is 63.4 cm³/mol. The van der Waals surface area contributed by atoms with Crippen LogP contribution in [0.15, 0.2) is 0 Å². The van der Waals surface area contributed by atoms with Crippen molar-refractivity contribution in [3.63, 3.8) is 0 Å². The van der Waals surface area contributed by atoms with Gasteiger partial charge in [-0.15, -0.1) is 0 Å². The molecule has 3 atom stereocenters. The van der Waals surface area contributed by atoms with E-state index in [1.54, 1.807) is 0 Å². The van der Waals surface area contributed by atoms with E-state index >= 15 is 0 Å². The Hall–Kier alpha value is -0.290. The molecule has 2 rings (SSSR count). The Morgan fingerprint density at radius 2 is 1.83 bits per heavy atom. The quantitative estimate of drug-likeness (QED) is 0.842. The maximum atomic E-state index is 12.9. The molecule has 2 fully saturated rings. The molecule has 3 unspecified atom stereocenters. The summed E-state index contributed by atoms with van der Waals surface area (Å²) in [6, 6.07) is -0.389. The lowest BCUT2D eigenvalue weighted by Gasteiger charge is -2.33. The zero-order chi connectivity index (χ0) is 13.0. The maximum absolute atomic E-state index is 12.9. The molecule has 5 heteroatoms. The number of halogens is 3. The lowest BCUT2D eigenvalue weighted by Crippen LogP contribution is -2.46. The minimum Gasteiger partial charge on any atom is -0.378 e. The molecule has 2 nitrogen and oxygen atoms in total. The van der Waals surface area contributed by atoms with Crippen LogP contribution in [0.1, 0.15) is 44.9 Å². The second kappa shape index (κ2) is 6.24. The highest BCUT2D eigenvalue weighted by molar-refractivity contribution is 4.85. The van der Waals surface area contributed by atoms with E-state index in [-0.39, 0.29) is 18.6 Å². The van der Waals surface area contributed by atoms with Crippen LogP contribution in [0.2, 0.25) is 0 Å². The fraction of sp³-hybridized carbons (Fsp3) is 1.00. The van der Waals surface area contributed by atoms with Gasteiger partial charge in [0.05, 0.1) is 12.0 Å². The maximum Gasteiger partial charge on any atom is 0.393 e. The van der Waals surface area contributed by atoms with E-state index in [4.69, 9.17) is 4.74 Å². The Bertz CT molecular complexity index is 251. The molecule has 0 bridgehead atoms. The van der Waals surface area contributed by atoms with Crippen molar-refractivity contribution < 1.29 is 17.9 Å².